The van der Waals surface area contributed by atoms with Gasteiger partial charge in [-0.15, -0.1) is 0 Å². The summed E-state index contributed by atoms with van der Waals surface area (Å²) in [6.45, 7) is 8.02. The first-order chi connectivity index (χ1) is 12.7. The summed E-state index contributed by atoms with van der Waals surface area (Å²) in [5, 5.41) is 10.4. The molecule has 142 valence electrons. The molecule has 3 rings (SSSR count). The van der Waals surface area contributed by atoms with Crippen LogP contribution in [0.25, 0.3) is 5.70 Å². The molecule has 1 fully saturated rings. The van der Waals surface area contributed by atoms with Crippen molar-refractivity contribution in [2.75, 3.05) is 6.54 Å². The first kappa shape index (κ1) is 19.6. The average molecular weight is 430 g/mol. The van der Waals surface area contributed by atoms with E-state index >= 15 is 0 Å². The van der Waals surface area contributed by atoms with Gasteiger partial charge in [0.15, 0.2) is 0 Å². The molecule has 0 bridgehead atoms. The molecule has 0 aromatic heterocycles. The summed E-state index contributed by atoms with van der Waals surface area (Å²) in [6.07, 6.45) is 0.457. The van der Waals surface area contributed by atoms with Gasteiger partial charge in [-0.25, -0.2) is 4.79 Å². The Bertz CT molecular complexity index is 827. The van der Waals surface area contributed by atoms with Crippen molar-refractivity contribution >= 4 is 27.7 Å². The minimum atomic E-state index is -0.971. The van der Waals surface area contributed by atoms with Crippen molar-refractivity contribution in [3.8, 4) is 0 Å². The highest BCUT2D eigenvalue weighted by molar-refractivity contribution is 9.10. The maximum atomic E-state index is 12.9. The second-order valence-electron chi connectivity index (χ2n) is 7.57. The fourth-order valence-corrected chi connectivity index (χ4v) is 3.84. The zero-order chi connectivity index (χ0) is 19.7. The van der Waals surface area contributed by atoms with E-state index in [9.17, 15) is 9.90 Å². The van der Waals surface area contributed by atoms with E-state index in [4.69, 9.17) is 4.74 Å². The van der Waals surface area contributed by atoms with Gasteiger partial charge in [0, 0.05) is 29.6 Å². The predicted molar refractivity (Wildman–Crippen MR) is 110 cm³/mol. The number of hydrogen-bond donors (Lipinski definition) is 1. The molecule has 1 amide bonds. The molecule has 4 nitrogen and oxygen atoms in total. The Labute approximate surface area is 168 Å². The molecule has 1 heterocycles. The normalized spacial score (nSPS) is 20.3. The Morgan fingerprint density at radius 3 is 2.41 bits per heavy atom. The van der Waals surface area contributed by atoms with Gasteiger partial charge in [0.2, 0.25) is 0 Å². The van der Waals surface area contributed by atoms with E-state index in [-0.39, 0.29) is 0 Å². The van der Waals surface area contributed by atoms with Gasteiger partial charge in [-0.2, -0.15) is 0 Å². The van der Waals surface area contributed by atoms with Gasteiger partial charge in [-0.05, 0) is 37.1 Å². The highest BCUT2D eigenvalue weighted by Crippen LogP contribution is 2.42. The minimum absolute atomic E-state index is 0.328. The lowest BCUT2D eigenvalue weighted by atomic mass is 9.80. The van der Waals surface area contributed by atoms with Crippen LogP contribution in [0.3, 0.4) is 0 Å². The molecule has 0 unspecified atom stereocenters. The summed E-state index contributed by atoms with van der Waals surface area (Å²) >= 11 is 3.41. The van der Waals surface area contributed by atoms with Gasteiger partial charge >= 0.3 is 6.09 Å². The van der Waals surface area contributed by atoms with Gasteiger partial charge in [-0.1, -0.05) is 65.0 Å². The minimum Gasteiger partial charge on any atom is -0.437 e. The van der Waals surface area contributed by atoms with Crippen LogP contribution in [0.5, 0.6) is 0 Å². The van der Waals surface area contributed by atoms with E-state index < -0.39 is 17.3 Å². The molecule has 1 aliphatic rings. The predicted octanol–water partition coefficient (Wildman–Crippen LogP) is 5.32. The molecule has 1 N–H and O–H groups in total. The number of nitrogens with zero attached hydrogens (tertiary/aromatic N) is 1. The number of aliphatic hydroxyl groups is 1. The monoisotopic (exact) mass is 429 g/mol. The lowest BCUT2D eigenvalue weighted by Gasteiger charge is -2.44. The van der Waals surface area contributed by atoms with Crippen molar-refractivity contribution in [2.24, 2.45) is 0 Å². The maximum Gasteiger partial charge on any atom is 0.415 e. The second-order valence-corrected chi connectivity index (χ2v) is 8.49. The molecular formula is C22H24BrNO3. The van der Waals surface area contributed by atoms with Gasteiger partial charge in [0.05, 0.1) is 5.60 Å². The van der Waals surface area contributed by atoms with Crippen molar-refractivity contribution in [1.29, 1.82) is 0 Å². The van der Waals surface area contributed by atoms with E-state index in [1.807, 2.05) is 54.6 Å². The van der Waals surface area contributed by atoms with E-state index in [1.54, 1.807) is 18.7 Å². The maximum absolute atomic E-state index is 12.9. The summed E-state index contributed by atoms with van der Waals surface area (Å²) in [5.41, 5.74) is 0.547. The number of carbonyl (C=O) groups is 1. The summed E-state index contributed by atoms with van der Waals surface area (Å²) in [5.74, 6) is 0. The summed E-state index contributed by atoms with van der Waals surface area (Å²) in [7, 11) is 0. The standard InChI is InChI=1S/C22H24BrNO3/c1-16(17-9-11-19(23)12-10-17)24-14-13-22(27-20(24)25,15-21(2,3)26)18-7-5-4-6-8-18/h4-12,26H,1,13-15H2,2-3H3/t22-/m0/s1. The molecular weight excluding hydrogens is 406 g/mol. The summed E-state index contributed by atoms with van der Waals surface area (Å²) in [6, 6.07) is 17.3. The molecule has 1 atom stereocenters. The quantitative estimate of drug-likeness (QED) is 0.699. The van der Waals surface area contributed by atoms with Gasteiger partial charge in [0.1, 0.15) is 5.60 Å². The Balaban J connectivity index is 1.87. The van der Waals surface area contributed by atoms with Crippen molar-refractivity contribution in [3.05, 3.63) is 76.8 Å². The number of halogens is 1. The first-order valence-electron chi connectivity index (χ1n) is 8.93. The van der Waals surface area contributed by atoms with Gasteiger partial charge in [-0.3, -0.25) is 4.90 Å². The number of ether oxygens (including phenoxy) is 1. The largest absolute Gasteiger partial charge is 0.437 e. The van der Waals surface area contributed by atoms with E-state index in [1.165, 1.54) is 0 Å². The van der Waals surface area contributed by atoms with E-state index in [2.05, 4.69) is 22.5 Å². The molecule has 2 aromatic rings. The fourth-order valence-electron chi connectivity index (χ4n) is 3.57. The third-order valence-corrected chi connectivity index (χ3v) is 5.29. The Morgan fingerprint density at radius 1 is 1.22 bits per heavy atom. The number of hydrogen-bond acceptors (Lipinski definition) is 3. The Kier molecular flexibility index (Phi) is 5.45. The summed E-state index contributed by atoms with van der Waals surface area (Å²) in [4.78, 5) is 14.5. The highest BCUT2D eigenvalue weighted by Gasteiger charge is 2.45. The van der Waals surface area contributed by atoms with Gasteiger partial charge < -0.3 is 9.84 Å². The van der Waals surface area contributed by atoms with Gasteiger partial charge in [0.25, 0.3) is 0 Å². The average Bonchev–Trinajstić information content (AvgIpc) is 2.61. The van der Waals surface area contributed by atoms with E-state index in [0.717, 1.165) is 15.6 Å². The zero-order valence-corrected chi connectivity index (χ0v) is 17.2. The zero-order valence-electron chi connectivity index (χ0n) is 15.6. The lowest BCUT2D eigenvalue weighted by Crippen LogP contribution is -2.49. The Hall–Kier alpha value is -2.11. The molecule has 0 saturated carbocycles. The number of carbonyl (C=O) groups excluding carboxylic acids is 1. The number of rotatable bonds is 5. The van der Waals surface area contributed by atoms with Crippen LogP contribution in [0.2, 0.25) is 0 Å². The van der Waals surface area contributed by atoms with Crippen molar-refractivity contribution in [3.63, 3.8) is 0 Å². The molecule has 1 aliphatic heterocycles. The van der Waals surface area contributed by atoms with E-state index in [0.29, 0.717) is 25.1 Å². The van der Waals surface area contributed by atoms with Crippen LogP contribution in [0.4, 0.5) is 4.79 Å². The van der Waals surface area contributed by atoms with Crippen LogP contribution < -0.4 is 0 Å². The SMILES string of the molecule is C=C(c1ccc(Br)cc1)N1CC[C@](CC(C)(C)O)(c2ccccc2)OC1=O. The Morgan fingerprint density at radius 2 is 1.85 bits per heavy atom. The molecule has 0 spiro atoms. The van der Waals surface area contributed by atoms with Crippen LogP contribution in [0, 0.1) is 0 Å². The second kappa shape index (κ2) is 7.49. The summed E-state index contributed by atoms with van der Waals surface area (Å²) < 4.78 is 6.94. The number of benzene rings is 2. The molecule has 2 aromatic carbocycles. The highest BCUT2D eigenvalue weighted by atomic mass is 79.9. The van der Waals surface area contributed by atoms with Crippen LogP contribution in [-0.2, 0) is 10.3 Å². The third-order valence-electron chi connectivity index (χ3n) is 4.76. The molecule has 27 heavy (non-hydrogen) atoms. The number of amides is 1. The lowest BCUT2D eigenvalue weighted by molar-refractivity contribution is -0.0889. The van der Waals surface area contributed by atoms with Crippen LogP contribution in [0.1, 0.15) is 37.8 Å². The van der Waals surface area contributed by atoms with Crippen molar-refractivity contribution in [2.45, 2.75) is 37.9 Å². The molecule has 0 aliphatic carbocycles. The van der Waals surface area contributed by atoms with Crippen LogP contribution in [-0.4, -0.2) is 28.2 Å². The first-order valence-corrected chi connectivity index (χ1v) is 9.73. The molecule has 0 radical (unpaired) electrons. The number of cyclic esters (lactones) is 1. The van der Waals surface area contributed by atoms with Crippen molar-refractivity contribution < 1.29 is 14.6 Å². The molecule has 5 heteroatoms. The fraction of sp³-hybridized carbons (Fsp3) is 0.318. The van der Waals surface area contributed by atoms with Crippen molar-refractivity contribution in [1.82, 2.24) is 4.90 Å². The third kappa shape index (κ3) is 4.42. The van der Waals surface area contributed by atoms with Crippen LogP contribution in [0.15, 0.2) is 65.6 Å². The smallest absolute Gasteiger partial charge is 0.415 e. The molecule has 1 saturated heterocycles. The topological polar surface area (TPSA) is 49.8 Å². The van der Waals surface area contributed by atoms with Crippen LogP contribution >= 0.6 is 15.9 Å².